The summed E-state index contributed by atoms with van der Waals surface area (Å²) in [5.41, 5.74) is 0.756. The van der Waals surface area contributed by atoms with E-state index in [2.05, 4.69) is 5.32 Å². The largest absolute Gasteiger partial charge is 0.495 e. The van der Waals surface area contributed by atoms with Crippen molar-refractivity contribution in [2.24, 2.45) is 0 Å². The third kappa shape index (κ3) is 7.83. The van der Waals surface area contributed by atoms with E-state index >= 15 is 0 Å². The second kappa shape index (κ2) is 12.2. The Kier molecular flexibility index (Phi) is 9.91. The first-order chi connectivity index (χ1) is 16.4. The molecule has 2 rings (SSSR count). The Labute approximate surface area is 211 Å². The van der Waals surface area contributed by atoms with Crippen molar-refractivity contribution < 1.29 is 27.1 Å². The fourth-order valence-electron chi connectivity index (χ4n) is 3.26. The van der Waals surface area contributed by atoms with Gasteiger partial charge in [-0.1, -0.05) is 30.7 Å². The van der Waals surface area contributed by atoms with Crippen LogP contribution in [-0.4, -0.2) is 57.1 Å². The maximum Gasteiger partial charge on any atom is 0.244 e. The first kappa shape index (κ1) is 28.4. The average Bonchev–Trinajstić information content (AvgIpc) is 2.80. The average molecular weight is 528 g/mol. The number of nitrogens with one attached hydrogen (secondary N) is 1. The molecule has 1 N–H and O–H groups in total. The smallest absolute Gasteiger partial charge is 0.244 e. The lowest BCUT2D eigenvalue weighted by molar-refractivity contribution is -0.139. The molecule has 192 valence electrons. The van der Waals surface area contributed by atoms with Gasteiger partial charge >= 0.3 is 0 Å². The van der Waals surface area contributed by atoms with Gasteiger partial charge < -0.3 is 15.0 Å². The first-order valence-corrected chi connectivity index (χ1v) is 13.3. The fraction of sp³-hybridized carbons (Fsp3) is 0.417. The number of nitrogens with zero attached hydrogens (tertiary/aromatic N) is 2. The summed E-state index contributed by atoms with van der Waals surface area (Å²) in [6.07, 6.45) is 1.67. The van der Waals surface area contributed by atoms with Crippen LogP contribution in [0.3, 0.4) is 0 Å². The summed E-state index contributed by atoms with van der Waals surface area (Å²) in [5.74, 6) is -1.08. The van der Waals surface area contributed by atoms with E-state index in [9.17, 15) is 22.4 Å². The van der Waals surface area contributed by atoms with Crippen molar-refractivity contribution >= 4 is 39.1 Å². The topological polar surface area (TPSA) is 96.0 Å². The lowest BCUT2D eigenvalue weighted by Gasteiger charge is -2.32. The molecule has 2 aromatic carbocycles. The number of hydrogen-bond acceptors (Lipinski definition) is 5. The van der Waals surface area contributed by atoms with E-state index in [1.807, 2.05) is 13.8 Å². The van der Waals surface area contributed by atoms with Gasteiger partial charge in [0.15, 0.2) is 0 Å². The predicted octanol–water partition coefficient (Wildman–Crippen LogP) is 3.59. The summed E-state index contributed by atoms with van der Waals surface area (Å²) < 4.78 is 44.6. The van der Waals surface area contributed by atoms with Gasteiger partial charge in [0.2, 0.25) is 21.8 Å². The summed E-state index contributed by atoms with van der Waals surface area (Å²) in [6, 6.07) is 8.86. The highest BCUT2D eigenvalue weighted by Crippen LogP contribution is 2.30. The summed E-state index contributed by atoms with van der Waals surface area (Å²) in [7, 11) is -2.47. The summed E-state index contributed by atoms with van der Waals surface area (Å²) in [5, 5.41) is 3.02. The maximum atomic E-state index is 13.5. The van der Waals surface area contributed by atoms with Crippen LogP contribution < -0.4 is 14.4 Å². The van der Waals surface area contributed by atoms with Crippen LogP contribution in [0.4, 0.5) is 10.1 Å². The van der Waals surface area contributed by atoms with E-state index in [-0.39, 0.29) is 29.2 Å². The normalized spacial score (nSPS) is 13.0. The Morgan fingerprint density at radius 3 is 2.29 bits per heavy atom. The Balaban J connectivity index is 2.40. The molecule has 2 amide bonds. The number of rotatable bonds is 11. The number of carbonyl (C=O) groups excluding carboxylic acids is 2. The van der Waals surface area contributed by atoms with Gasteiger partial charge in [-0.2, -0.15) is 0 Å². The monoisotopic (exact) mass is 527 g/mol. The molecule has 0 spiro atoms. The van der Waals surface area contributed by atoms with Crippen LogP contribution in [-0.2, 0) is 26.2 Å². The van der Waals surface area contributed by atoms with Crippen molar-refractivity contribution in [3.8, 4) is 5.75 Å². The maximum absolute atomic E-state index is 13.5. The van der Waals surface area contributed by atoms with Crippen LogP contribution >= 0.6 is 11.6 Å². The number of halogens is 2. The third-order valence-corrected chi connectivity index (χ3v) is 6.97. The summed E-state index contributed by atoms with van der Waals surface area (Å²) >= 11 is 6.17. The van der Waals surface area contributed by atoms with E-state index in [0.717, 1.165) is 10.6 Å². The molecule has 0 bridgehead atoms. The molecule has 0 aliphatic heterocycles. The van der Waals surface area contributed by atoms with Crippen LogP contribution in [0.1, 0.15) is 32.8 Å². The molecular formula is C24H31ClFN3O5S. The van der Waals surface area contributed by atoms with E-state index < -0.39 is 34.3 Å². The molecule has 0 saturated carbocycles. The van der Waals surface area contributed by atoms with Crippen LogP contribution in [0.2, 0.25) is 5.02 Å². The standard InChI is InChI=1S/C24H31ClFN3O5S/c1-6-16(2)27-24(31)17(3)28(14-18-7-9-19(26)10-8-18)23(30)15-29(35(5,32)33)20-11-12-22(34-4)21(25)13-20/h7-13,16-17H,6,14-15H2,1-5H3,(H,27,31)/t16-,17+/m1/s1. The number of anilines is 1. The zero-order chi connectivity index (χ0) is 26.3. The van der Waals surface area contributed by atoms with E-state index in [1.165, 1.54) is 54.5 Å². The lowest BCUT2D eigenvalue weighted by atomic mass is 10.1. The number of methoxy groups -OCH3 is 1. The number of amides is 2. The zero-order valence-electron chi connectivity index (χ0n) is 20.4. The molecule has 0 aliphatic rings. The van der Waals surface area contributed by atoms with Crippen molar-refractivity contribution in [1.82, 2.24) is 10.2 Å². The fourth-order valence-corrected chi connectivity index (χ4v) is 4.35. The van der Waals surface area contributed by atoms with Crippen LogP contribution in [0.5, 0.6) is 5.75 Å². The molecule has 0 saturated heterocycles. The third-order valence-electron chi connectivity index (χ3n) is 5.54. The van der Waals surface area contributed by atoms with E-state index in [1.54, 1.807) is 6.92 Å². The molecule has 0 heterocycles. The molecule has 2 atom stereocenters. The molecule has 11 heteroatoms. The molecule has 35 heavy (non-hydrogen) atoms. The molecule has 0 radical (unpaired) electrons. The molecular weight excluding hydrogens is 497 g/mol. The van der Waals surface area contributed by atoms with Crippen molar-refractivity contribution in [2.75, 3.05) is 24.2 Å². The predicted molar refractivity (Wildman–Crippen MR) is 135 cm³/mol. The number of sulfonamides is 1. The first-order valence-electron chi connectivity index (χ1n) is 11.0. The Morgan fingerprint density at radius 2 is 1.77 bits per heavy atom. The van der Waals surface area contributed by atoms with E-state index in [0.29, 0.717) is 17.7 Å². The molecule has 0 aromatic heterocycles. The van der Waals surface area contributed by atoms with Crippen LogP contribution in [0.25, 0.3) is 0 Å². The van der Waals surface area contributed by atoms with E-state index in [4.69, 9.17) is 16.3 Å². The Bertz CT molecular complexity index is 1140. The van der Waals surface area contributed by atoms with Crippen molar-refractivity contribution in [2.45, 2.75) is 45.8 Å². The van der Waals surface area contributed by atoms with Gasteiger partial charge in [-0.25, -0.2) is 12.8 Å². The van der Waals surface area contributed by atoms with Gasteiger partial charge in [0.05, 0.1) is 24.1 Å². The van der Waals surface area contributed by atoms with Gasteiger partial charge in [0.25, 0.3) is 0 Å². The zero-order valence-corrected chi connectivity index (χ0v) is 22.0. The SMILES string of the molecule is CC[C@@H](C)NC(=O)[C@H](C)N(Cc1ccc(F)cc1)C(=O)CN(c1ccc(OC)c(Cl)c1)S(C)(=O)=O. The second-order valence-corrected chi connectivity index (χ2v) is 10.5. The number of hydrogen-bond donors (Lipinski definition) is 1. The highest BCUT2D eigenvalue weighted by atomic mass is 35.5. The number of benzene rings is 2. The minimum Gasteiger partial charge on any atom is -0.495 e. The molecule has 2 aromatic rings. The number of ether oxygens (including phenoxy) is 1. The van der Waals surface area contributed by atoms with Gasteiger partial charge in [-0.15, -0.1) is 0 Å². The second-order valence-electron chi connectivity index (χ2n) is 8.23. The lowest BCUT2D eigenvalue weighted by Crippen LogP contribution is -2.52. The quantitative estimate of drug-likeness (QED) is 0.482. The Hall–Kier alpha value is -2.85. The van der Waals surface area contributed by atoms with Gasteiger partial charge in [-0.3, -0.25) is 13.9 Å². The highest BCUT2D eigenvalue weighted by Gasteiger charge is 2.30. The molecule has 0 unspecified atom stereocenters. The van der Waals surface area contributed by atoms with Crippen molar-refractivity contribution in [3.05, 3.63) is 58.9 Å². The van der Waals surface area contributed by atoms with Crippen LogP contribution in [0.15, 0.2) is 42.5 Å². The Morgan fingerprint density at radius 1 is 1.14 bits per heavy atom. The van der Waals surface area contributed by atoms with Gasteiger partial charge in [-0.05, 0) is 56.2 Å². The summed E-state index contributed by atoms with van der Waals surface area (Å²) in [6.45, 7) is 4.74. The minimum absolute atomic E-state index is 0.0187. The molecule has 0 fully saturated rings. The van der Waals surface area contributed by atoms with Crippen LogP contribution in [0, 0.1) is 5.82 Å². The molecule has 8 nitrogen and oxygen atoms in total. The van der Waals surface area contributed by atoms with Gasteiger partial charge in [0.1, 0.15) is 24.2 Å². The highest BCUT2D eigenvalue weighted by molar-refractivity contribution is 7.92. The van der Waals surface area contributed by atoms with Crippen molar-refractivity contribution in [3.63, 3.8) is 0 Å². The summed E-state index contributed by atoms with van der Waals surface area (Å²) in [4.78, 5) is 27.6. The van der Waals surface area contributed by atoms with Gasteiger partial charge in [0, 0.05) is 12.6 Å². The minimum atomic E-state index is -3.89. The molecule has 0 aliphatic carbocycles. The number of carbonyl (C=O) groups is 2. The van der Waals surface area contributed by atoms with Crippen molar-refractivity contribution in [1.29, 1.82) is 0 Å².